The molecule has 1 aliphatic heterocycles. The van der Waals surface area contributed by atoms with E-state index in [1.165, 1.54) is 45.1 Å². The fourth-order valence-corrected chi connectivity index (χ4v) is 3.98. The molecule has 0 aromatic carbocycles. The third-order valence-electron chi connectivity index (χ3n) is 6.14. The Kier molecular flexibility index (Phi) is 7.35. The number of hydrogen-bond acceptors (Lipinski definition) is 3. The maximum absolute atomic E-state index is 12.5. The van der Waals surface area contributed by atoms with Crippen molar-refractivity contribution in [1.82, 2.24) is 15.1 Å². The summed E-state index contributed by atoms with van der Waals surface area (Å²) in [6, 6.07) is 1.07. The van der Waals surface area contributed by atoms with Gasteiger partial charge in [-0.15, -0.1) is 0 Å². The minimum absolute atomic E-state index is 0.0248. The van der Waals surface area contributed by atoms with Crippen LogP contribution in [0.3, 0.4) is 0 Å². The van der Waals surface area contributed by atoms with E-state index in [0.29, 0.717) is 12.1 Å². The van der Waals surface area contributed by atoms with Gasteiger partial charge in [-0.05, 0) is 78.4 Å². The van der Waals surface area contributed by atoms with Crippen molar-refractivity contribution in [2.24, 2.45) is 5.92 Å². The monoisotopic (exact) mass is 323 g/mol. The summed E-state index contributed by atoms with van der Waals surface area (Å²) in [4.78, 5) is 17.2. The quantitative estimate of drug-likeness (QED) is 0.816. The molecule has 0 aromatic heterocycles. The Morgan fingerprint density at radius 2 is 1.91 bits per heavy atom. The number of hydrogen-bond donors (Lipinski definition) is 1. The zero-order valence-corrected chi connectivity index (χ0v) is 15.7. The summed E-state index contributed by atoms with van der Waals surface area (Å²) in [5.41, 5.74) is 0. The smallest absolute Gasteiger partial charge is 0.237 e. The maximum Gasteiger partial charge on any atom is 0.237 e. The standard InChI is InChI=1S/C19H37N3O/c1-15-8-10-17(11-9-15)20-19(23)16(2)21(3)14-12-18-7-5-6-13-22(18)4/h15-18H,5-14H2,1-4H3,(H,20,23)/t15?,16-,17?,18-/m0/s1. The fourth-order valence-electron chi connectivity index (χ4n) is 3.98. The highest BCUT2D eigenvalue weighted by molar-refractivity contribution is 5.81. The van der Waals surface area contributed by atoms with E-state index >= 15 is 0 Å². The molecule has 1 amide bonds. The highest BCUT2D eigenvalue weighted by Crippen LogP contribution is 2.23. The van der Waals surface area contributed by atoms with Crippen molar-refractivity contribution >= 4 is 5.91 Å². The second-order valence-corrected chi connectivity index (χ2v) is 8.04. The van der Waals surface area contributed by atoms with E-state index in [0.717, 1.165) is 25.3 Å². The van der Waals surface area contributed by atoms with Gasteiger partial charge in [0.25, 0.3) is 0 Å². The number of amides is 1. The van der Waals surface area contributed by atoms with E-state index in [2.05, 4.69) is 36.1 Å². The van der Waals surface area contributed by atoms with Crippen LogP contribution in [-0.4, -0.2) is 61.0 Å². The Balaban J connectivity index is 1.70. The zero-order chi connectivity index (χ0) is 16.8. The molecule has 134 valence electrons. The predicted octanol–water partition coefficient (Wildman–Crippen LogP) is 2.88. The highest BCUT2D eigenvalue weighted by Gasteiger charge is 2.25. The van der Waals surface area contributed by atoms with Crippen LogP contribution in [0.15, 0.2) is 0 Å². The number of nitrogens with one attached hydrogen (secondary N) is 1. The summed E-state index contributed by atoms with van der Waals surface area (Å²) in [6.07, 6.45) is 9.98. The van der Waals surface area contributed by atoms with Crippen molar-refractivity contribution in [3.05, 3.63) is 0 Å². The Hall–Kier alpha value is -0.610. The van der Waals surface area contributed by atoms with E-state index in [-0.39, 0.29) is 11.9 Å². The van der Waals surface area contributed by atoms with Crippen molar-refractivity contribution in [3.8, 4) is 0 Å². The topological polar surface area (TPSA) is 35.6 Å². The summed E-state index contributed by atoms with van der Waals surface area (Å²) in [5.74, 6) is 1.04. The van der Waals surface area contributed by atoms with Crippen LogP contribution in [0.5, 0.6) is 0 Å². The van der Waals surface area contributed by atoms with Crippen LogP contribution >= 0.6 is 0 Å². The van der Waals surface area contributed by atoms with E-state index in [1.807, 2.05) is 6.92 Å². The molecule has 1 heterocycles. The molecule has 1 saturated carbocycles. The van der Waals surface area contributed by atoms with Crippen molar-refractivity contribution in [1.29, 1.82) is 0 Å². The van der Waals surface area contributed by atoms with Gasteiger partial charge in [-0.2, -0.15) is 0 Å². The molecule has 0 aromatic rings. The normalized spacial score (nSPS) is 31.1. The molecule has 1 saturated heterocycles. The van der Waals surface area contributed by atoms with Gasteiger partial charge in [0.1, 0.15) is 0 Å². The first-order chi connectivity index (χ1) is 11.0. The van der Waals surface area contributed by atoms with Crippen LogP contribution in [0.1, 0.15) is 65.2 Å². The molecule has 0 unspecified atom stereocenters. The van der Waals surface area contributed by atoms with Gasteiger partial charge in [-0.25, -0.2) is 0 Å². The molecule has 2 fully saturated rings. The number of carbonyl (C=O) groups is 1. The predicted molar refractivity (Wildman–Crippen MR) is 96.5 cm³/mol. The van der Waals surface area contributed by atoms with Gasteiger partial charge in [0.15, 0.2) is 0 Å². The van der Waals surface area contributed by atoms with Crippen LogP contribution < -0.4 is 5.32 Å². The number of likely N-dealkylation sites (N-methyl/N-ethyl adjacent to an activating group) is 1. The lowest BCUT2D eigenvalue weighted by molar-refractivity contribution is -0.126. The van der Waals surface area contributed by atoms with Crippen molar-refractivity contribution in [2.45, 2.75) is 83.3 Å². The molecule has 0 radical (unpaired) electrons. The summed E-state index contributed by atoms with van der Waals surface area (Å²) in [5, 5.41) is 3.28. The summed E-state index contributed by atoms with van der Waals surface area (Å²) in [7, 11) is 4.33. The first-order valence-electron chi connectivity index (χ1n) is 9.68. The number of carbonyl (C=O) groups excluding carboxylic acids is 1. The van der Waals surface area contributed by atoms with Crippen LogP contribution in [0, 0.1) is 5.92 Å². The Labute approximate surface area is 143 Å². The first kappa shape index (κ1) is 18.7. The van der Waals surface area contributed by atoms with E-state index < -0.39 is 0 Å². The minimum atomic E-state index is -0.0248. The molecule has 0 spiro atoms. The molecule has 2 aliphatic rings. The molecule has 1 N–H and O–H groups in total. The Bertz CT molecular complexity index is 366. The van der Waals surface area contributed by atoms with Gasteiger partial charge in [0.05, 0.1) is 6.04 Å². The Morgan fingerprint density at radius 1 is 1.22 bits per heavy atom. The maximum atomic E-state index is 12.5. The summed E-state index contributed by atoms with van der Waals surface area (Å²) >= 11 is 0. The van der Waals surface area contributed by atoms with Gasteiger partial charge >= 0.3 is 0 Å². The van der Waals surface area contributed by atoms with E-state index in [9.17, 15) is 4.79 Å². The third kappa shape index (κ3) is 5.75. The van der Waals surface area contributed by atoms with Crippen LogP contribution in [0.2, 0.25) is 0 Å². The largest absolute Gasteiger partial charge is 0.352 e. The second kappa shape index (κ2) is 9.03. The molecule has 1 aliphatic carbocycles. The lowest BCUT2D eigenvalue weighted by atomic mass is 9.87. The van der Waals surface area contributed by atoms with Gasteiger partial charge in [-0.3, -0.25) is 9.69 Å². The average molecular weight is 324 g/mol. The fraction of sp³-hybridized carbons (Fsp3) is 0.947. The van der Waals surface area contributed by atoms with Crippen LogP contribution in [0.25, 0.3) is 0 Å². The molecule has 0 bridgehead atoms. The molecule has 4 nitrogen and oxygen atoms in total. The average Bonchev–Trinajstić information content (AvgIpc) is 2.55. The lowest BCUT2D eigenvalue weighted by Gasteiger charge is -2.35. The van der Waals surface area contributed by atoms with Crippen LogP contribution in [0.4, 0.5) is 0 Å². The molecule has 2 atom stereocenters. The first-order valence-corrected chi connectivity index (χ1v) is 9.68. The number of likely N-dealkylation sites (tertiary alicyclic amines) is 1. The van der Waals surface area contributed by atoms with Crippen LogP contribution in [-0.2, 0) is 4.79 Å². The number of piperidine rings is 1. The SMILES string of the molecule is CC1CCC(NC(=O)[C@H](C)N(C)CC[C@@H]2CCCCN2C)CC1. The molecular weight excluding hydrogens is 286 g/mol. The van der Waals surface area contributed by atoms with Crippen molar-refractivity contribution in [2.75, 3.05) is 27.2 Å². The van der Waals surface area contributed by atoms with Gasteiger partial charge < -0.3 is 10.2 Å². The van der Waals surface area contributed by atoms with Crippen molar-refractivity contribution < 1.29 is 4.79 Å². The van der Waals surface area contributed by atoms with Gasteiger partial charge in [0.2, 0.25) is 5.91 Å². The summed E-state index contributed by atoms with van der Waals surface area (Å²) in [6.45, 7) is 6.60. The molecule has 2 rings (SSSR count). The molecular formula is C19H37N3O. The van der Waals surface area contributed by atoms with Gasteiger partial charge in [-0.1, -0.05) is 13.3 Å². The zero-order valence-electron chi connectivity index (χ0n) is 15.7. The second-order valence-electron chi connectivity index (χ2n) is 8.04. The third-order valence-corrected chi connectivity index (χ3v) is 6.14. The lowest BCUT2D eigenvalue weighted by Crippen LogP contribution is -2.48. The number of nitrogens with zero attached hydrogens (tertiary/aromatic N) is 2. The minimum Gasteiger partial charge on any atom is -0.352 e. The molecule has 4 heteroatoms. The number of rotatable bonds is 6. The summed E-state index contributed by atoms with van der Waals surface area (Å²) < 4.78 is 0. The highest BCUT2D eigenvalue weighted by atomic mass is 16.2. The Morgan fingerprint density at radius 3 is 2.57 bits per heavy atom. The van der Waals surface area contributed by atoms with Gasteiger partial charge in [0, 0.05) is 18.6 Å². The van der Waals surface area contributed by atoms with E-state index in [4.69, 9.17) is 0 Å². The van der Waals surface area contributed by atoms with E-state index in [1.54, 1.807) is 0 Å². The molecule has 23 heavy (non-hydrogen) atoms. The van der Waals surface area contributed by atoms with Crippen molar-refractivity contribution in [3.63, 3.8) is 0 Å².